The predicted octanol–water partition coefficient (Wildman–Crippen LogP) is 2.18. The largest absolute Gasteiger partial charge is 0.388 e. The third-order valence-electron chi connectivity index (χ3n) is 11.4. The summed E-state index contributed by atoms with van der Waals surface area (Å²) < 4.78 is 24.6. The van der Waals surface area contributed by atoms with Gasteiger partial charge in [-0.15, -0.1) is 6.58 Å². The topological polar surface area (TPSA) is 158 Å². The molecule has 2 saturated heterocycles. The smallest absolute Gasteiger partial charge is 0.187 e. The summed E-state index contributed by atoms with van der Waals surface area (Å²) in [6, 6.07) is 0. The molecule has 2 aliphatic heterocycles. The molecule has 3 fully saturated rings. The van der Waals surface area contributed by atoms with Crippen LogP contribution in [0.2, 0.25) is 0 Å². The molecule has 0 radical (unpaired) electrons. The number of hydrogen-bond donors (Lipinski definition) is 6. The molecule has 16 atom stereocenters. The molecule has 10 nitrogen and oxygen atoms in total. The Morgan fingerprint density at radius 1 is 0.952 bits per heavy atom. The Morgan fingerprint density at radius 3 is 2.17 bits per heavy atom. The molecule has 4 rings (SSSR count). The number of hydrogen-bond acceptors (Lipinski definition) is 10. The van der Waals surface area contributed by atoms with Crippen LogP contribution >= 0.6 is 0 Å². The van der Waals surface area contributed by atoms with E-state index in [1.807, 2.05) is 0 Å². The van der Waals surface area contributed by atoms with Gasteiger partial charge in [0.2, 0.25) is 0 Å². The van der Waals surface area contributed by atoms with E-state index in [4.69, 9.17) is 18.9 Å². The van der Waals surface area contributed by atoms with Crippen LogP contribution in [0.15, 0.2) is 24.3 Å². The Hall–Kier alpha value is -0.920. The van der Waals surface area contributed by atoms with Gasteiger partial charge >= 0.3 is 0 Å². The highest BCUT2D eigenvalue weighted by molar-refractivity contribution is 5.24. The van der Waals surface area contributed by atoms with Gasteiger partial charge in [-0.25, -0.2) is 0 Å². The summed E-state index contributed by atoms with van der Waals surface area (Å²) in [5, 5.41) is 63.6. The molecule has 6 N–H and O–H groups in total. The first-order valence-corrected chi connectivity index (χ1v) is 15.5. The fourth-order valence-electron chi connectivity index (χ4n) is 7.87. The van der Waals surface area contributed by atoms with Crippen molar-refractivity contribution in [1.29, 1.82) is 0 Å². The van der Waals surface area contributed by atoms with Crippen molar-refractivity contribution in [3.63, 3.8) is 0 Å². The second kappa shape index (κ2) is 12.5. The molecular weight excluding hydrogens is 544 g/mol. The molecule has 10 heteroatoms. The number of aliphatic hydroxyl groups is 6. The standard InChI is InChI=1S/C32H54O10/c1-9-30(6,38)13-14-31(7)17(3)15-21(32(8)16(2)11-10-12-20(31)32)41-29-27(25(36)23(34)19(5)40-29)42-28-26(37)24(35)22(33)18(4)39-28/h9,11,17-29,33-38H,1,10,12-15H2,2-8H3/t17-,18+,19-,20-,21?,22-,23-,24-,25+,26+,27+,28-,29-,30-,31+,32+/m0/s1. The van der Waals surface area contributed by atoms with Gasteiger partial charge in [0.25, 0.3) is 0 Å². The van der Waals surface area contributed by atoms with Crippen LogP contribution in [0, 0.1) is 22.7 Å². The average molecular weight is 599 g/mol. The van der Waals surface area contributed by atoms with Crippen LogP contribution in [0.1, 0.15) is 80.6 Å². The van der Waals surface area contributed by atoms with Crippen molar-refractivity contribution in [3.05, 3.63) is 24.3 Å². The van der Waals surface area contributed by atoms with Gasteiger partial charge in [0, 0.05) is 5.41 Å². The zero-order valence-electron chi connectivity index (χ0n) is 26.2. The Labute approximate surface area is 250 Å². The molecule has 0 spiro atoms. The zero-order valence-corrected chi connectivity index (χ0v) is 26.2. The molecule has 0 aromatic carbocycles. The lowest BCUT2D eigenvalue weighted by Gasteiger charge is -2.61. The van der Waals surface area contributed by atoms with E-state index >= 15 is 0 Å². The van der Waals surface area contributed by atoms with Crippen molar-refractivity contribution >= 4 is 0 Å². The maximum atomic E-state index is 11.1. The molecule has 42 heavy (non-hydrogen) atoms. The lowest BCUT2D eigenvalue weighted by atomic mass is 9.45. The highest BCUT2D eigenvalue weighted by Crippen LogP contribution is 2.63. The fourth-order valence-corrected chi connectivity index (χ4v) is 7.87. The molecule has 0 aromatic heterocycles. The molecule has 1 saturated carbocycles. The number of fused-ring (bicyclic) bond motifs is 1. The second-order valence-corrected chi connectivity index (χ2v) is 14.1. The van der Waals surface area contributed by atoms with Gasteiger partial charge in [0.05, 0.1) is 23.9 Å². The minimum atomic E-state index is -1.59. The van der Waals surface area contributed by atoms with E-state index in [9.17, 15) is 30.6 Å². The van der Waals surface area contributed by atoms with Gasteiger partial charge in [-0.3, -0.25) is 0 Å². The second-order valence-electron chi connectivity index (χ2n) is 14.1. The van der Waals surface area contributed by atoms with Gasteiger partial charge in [0.15, 0.2) is 12.6 Å². The Morgan fingerprint density at radius 2 is 1.55 bits per heavy atom. The Kier molecular flexibility index (Phi) is 10.1. The monoisotopic (exact) mass is 598 g/mol. The van der Waals surface area contributed by atoms with Crippen LogP contribution in [0.25, 0.3) is 0 Å². The first kappa shape index (κ1) is 34.0. The lowest BCUT2D eigenvalue weighted by molar-refractivity contribution is -0.372. The van der Waals surface area contributed by atoms with Crippen LogP contribution in [0.5, 0.6) is 0 Å². The van der Waals surface area contributed by atoms with Crippen molar-refractivity contribution in [2.45, 2.75) is 154 Å². The molecule has 0 aromatic rings. The number of ether oxygens (including phenoxy) is 4. The molecule has 0 amide bonds. The molecule has 1 unspecified atom stereocenters. The normalized spacial score (nSPS) is 51.3. The van der Waals surface area contributed by atoms with E-state index in [0.29, 0.717) is 12.8 Å². The van der Waals surface area contributed by atoms with E-state index in [2.05, 4.69) is 40.3 Å². The minimum absolute atomic E-state index is 0.0867. The summed E-state index contributed by atoms with van der Waals surface area (Å²) >= 11 is 0. The summed E-state index contributed by atoms with van der Waals surface area (Å²) in [5.74, 6) is 0.463. The quantitative estimate of drug-likeness (QED) is 0.229. The maximum absolute atomic E-state index is 11.1. The van der Waals surface area contributed by atoms with E-state index in [-0.39, 0.29) is 28.8 Å². The van der Waals surface area contributed by atoms with Crippen molar-refractivity contribution in [2.24, 2.45) is 22.7 Å². The predicted molar refractivity (Wildman–Crippen MR) is 155 cm³/mol. The third-order valence-corrected chi connectivity index (χ3v) is 11.4. The van der Waals surface area contributed by atoms with E-state index in [1.165, 1.54) is 5.57 Å². The first-order chi connectivity index (χ1) is 19.5. The lowest BCUT2D eigenvalue weighted by Crippen LogP contribution is -2.65. The highest BCUT2D eigenvalue weighted by atomic mass is 16.8. The zero-order chi connectivity index (χ0) is 31.4. The van der Waals surface area contributed by atoms with Crippen LogP contribution < -0.4 is 0 Å². The first-order valence-electron chi connectivity index (χ1n) is 15.5. The molecule has 2 heterocycles. The third kappa shape index (κ3) is 6.01. The summed E-state index contributed by atoms with van der Waals surface area (Å²) in [5.41, 5.74) is -0.201. The molecule has 0 bridgehead atoms. The summed E-state index contributed by atoms with van der Waals surface area (Å²) in [6.07, 6.45) is -4.88. The highest BCUT2D eigenvalue weighted by Gasteiger charge is 2.60. The average Bonchev–Trinajstić information content (AvgIpc) is 2.94. The molecule has 2 aliphatic carbocycles. The van der Waals surface area contributed by atoms with Gasteiger partial charge in [-0.05, 0) is 77.0 Å². The van der Waals surface area contributed by atoms with Crippen LogP contribution in [-0.4, -0.2) is 104 Å². The van der Waals surface area contributed by atoms with Gasteiger partial charge in [-0.2, -0.15) is 0 Å². The number of rotatable bonds is 8. The van der Waals surface area contributed by atoms with Crippen LogP contribution in [0.3, 0.4) is 0 Å². The number of aliphatic hydroxyl groups excluding tert-OH is 5. The summed E-state index contributed by atoms with van der Waals surface area (Å²) in [7, 11) is 0. The number of allylic oxidation sites excluding steroid dienone is 1. The Balaban J connectivity index is 1.63. The molecule has 4 aliphatic rings. The van der Waals surface area contributed by atoms with Crippen molar-refractivity contribution < 1.29 is 49.6 Å². The van der Waals surface area contributed by atoms with Gasteiger partial charge < -0.3 is 49.6 Å². The van der Waals surface area contributed by atoms with Crippen LogP contribution in [0.4, 0.5) is 0 Å². The van der Waals surface area contributed by atoms with E-state index in [1.54, 1.807) is 26.8 Å². The van der Waals surface area contributed by atoms with Gasteiger partial charge in [0.1, 0.15) is 36.6 Å². The van der Waals surface area contributed by atoms with E-state index < -0.39 is 67.0 Å². The van der Waals surface area contributed by atoms with Crippen molar-refractivity contribution in [3.8, 4) is 0 Å². The SMILES string of the molecule is C=C[C@](C)(O)CC[C@]1(C)[C@@H](C)CC(O[C@@H]2O[C@@H](C)[C@H](O)[C@@H](O)[C@H]2O[C@@H]2O[C@H](C)[C@H](O)[C@H](O)[C@H]2O)[C@]2(C)C(C)=CCC[C@@H]12. The van der Waals surface area contributed by atoms with Crippen molar-refractivity contribution in [2.75, 3.05) is 0 Å². The van der Waals surface area contributed by atoms with Crippen molar-refractivity contribution in [1.82, 2.24) is 0 Å². The summed E-state index contributed by atoms with van der Waals surface area (Å²) in [6.45, 7) is 17.7. The fraction of sp³-hybridized carbons (Fsp3) is 0.875. The minimum Gasteiger partial charge on any atom is -0.388 e. The Bertz CT molecular complexity index is 986. The van der Waals surface area contributed by atoms with E-state index in [0.717, 1.165) is 19.3 Å². The van der Waals surface area contributed by atoms with Gasteiger partial charge in [-0.1, -0.05) is 38.5 Å². The van der Waals surface area contributed by atoms with Crippen LogP contribution in [-0.2, 0) is 18.9 Å². The summed E-state index contributed by atoms with van der Waals surface area (Å²) in [4.78, 5) is 0. The maximum Gasteiger partial charge on any atom is 0.187 e. The molecular formula is C32H54O10. The molecule has 242 valence electrons.